The van der Waals surface area contributed by atoms with Crippen LogP contribution < -0.4 is 16.4 Å². The van der Waals surface area contributed by atoms with Crippen LogP contribution >= 0.6 is 11.3 Å². The third kappa shape index (κ3) is 3.08. The van der Waals surface area contributed by atoms with Crippen LogP contribution in [0.2, 0.25) is 0 Å². The van der Waals surface area contributed by atoms with Gasteiger partial charge in [-0.15, -0.1) is 11.3 Å². The molecule has 0 spiro atoms. The second-order valence-electron chi connectivity index (χ2n) is 3.50. The van der Waals surface area contributed by atoms with Gasteiger partial charge in [-0.2, -0.15) is 0 Å². The normalized spacial score (nSPS) is 9.78. The summed E-state index contributed by atoms with van der Waals surface area (Å²) in [5, 5.41) is 7.04. The number of anilines is 2. The fourth-order valence-corrected chi connectivity index (χ4v) is 2.00. The number of nitrogens with one attached hydrogen (secondary N) is 2. The summed E-state index contributed by atoms with van der Waals surface area (Å²) in [6.45, 7) is 0. The Balaban J connectivity index is 2.02. The van der Waals surface area contributed by atoms with Crippen LogP contribution in [0.1, 0.15) is 9.67 Å². The van der Waals surface area contributed by atoms with Crippen molar-refractivity contribution in [1.29, 1.82) is 0 Å². The highest BCUT2D eigenvalue weighted by Gasteiger charge is 2.06. The molecule has 0 atom stereocenters. The molecule has 2 aromatic rings. The number of nitrogens with two attached hydrogens (primary N) is 1. The van der Waals surface area contributed by atoms with Gasteiger partial charge in [-0.05, 0) is 35.7 Å². The lowest BCUT2D eigenvalue weighted by atomic mass is 10.2. The summed E-state index contributed by atoms with van der Waals surface area (Å²) in [5.74, 6) is -0.152. The third-order valence-electron chi connectivity index (χ3n) is 2.16. The summed E-state index contributed by atoms with van der Waals surface area (Å²) < 4.78 is 0. The van der Waals surface area contributed by atoms with Crippen LogP contribution in [0.5, 0.6) is 0 Å². The lowest BCUT2D eigenvalue weighted by Gasteiger charge is -2.05. The quantitative estimate of drug-likeness (QED) is 0.793. The highest BCUT2D eigenvalue weighted by atomic mass is 32.1. The van der Waals surface area contributed by atoms with Crippen molar-refractivity contribution in [2.24, 2.45) is 5.73 Å². The number of hydrogen-bond acceptors (Lipinski definition) is 3. The van der Waals surface area contributed by atoms with Gasteiger partial charge in [-0.1, -0.05) is 6.07 Å². The van der Waals surface area contributed by atoms with Crippen molar-refractivity contribution in [1.82, 2.24) is 0 Å². The minimum Gasteiger partial charge on any atom is -0.351 e. The van der Waals surface area contributed by atoms with E-state index in [2.05, 4.69) is 10.6 Å². The molecule has 5 nitrogen and oxygen atoms in total. The molecule has 1 aromatic heterocycles. The summed E-state index contributed by atoms with van der Waals surface area (Å²) in [4.78, 5) is 23.0. The number of carbonyl (C=O) groups excluding carboxylic acids is 2. The molecule has 0 saturated heterocycles. The van der Waals surface area contributed by atoms with Gasteiger partial charge < -0.3 is 16.4 Å². The first-order chi connectivity index (χ1) is 8.65. The van der Waals surface area contributed by atoms with Gasteiger partial charge in [0.05, 0.1) is 4.88 Å². The zero-order valence-electron chi connectivity index (χ0n) is 9.34. The van der Waals surface area contributed by atoms with Gasteiger partial charge in [-0.25, -0.2) is 4.79 Å². The van der Waals surface area contributed by atoms with Crippen LogP contribution in [-0.2, 0) is 0 Å². The number of rotatable bonds is 3. The molecular formula is C12H11N3O2S. The molecule has 0 bridgehead atoms. The zero-order chi connectivity index (χ0) is 13.0. The Morgan fingerprint density at radius 2 is 1.61 bits per heavy atom. The lowest BCUT2D eigenvalue weighted by molar-refractivity contribution is 0.103. The van der Waals surface area contributed by atoms with Crippen LogP contribution in [0.3, 0.4) is 0 Å². The van der Waals surface area contributed by atoms with Gasteiger partial charge in [0, 0.05) is 11.4 Å². The second-order valence-corrected chi connectivity index (χ2v) is 4.45. The average Bonchev–Trinajstić information content (AvgIpc) is 2.84. The van der Waals surface area contributed by atoms with Gasteiger partial charge in [0.2, 0.25) is 0 Å². The predicted octanol–water partition coefficient (Wildman–Crippen LogP) is 2.49. The van der Waals surface area contributed by atoms with Gasteiger partial charge in [0.25, 0.3) is 5.91 Å². The summed E-state index contributed by atoms with van der Waals surface area (Å²) in [6.07, 6.45) is 0. The van der Waals surface area contributed by atoms with E-state index < -0.39 is 6.03 Å². The molecule has 92 valence electrons. The van der Waals surface area contributed by atoms with E-state index in [0.717, 1.165) is 0 Å². The maximum absolute atomic E-state index is 11.7. The van der Waals surface area contributed by atoms with Crippen molar-refractivity contribution in [3.8, 4) is 0 Å². The van der Waals surface area contributed by atoms with Crippen LogP contribution in [0.25, 0.3) is 0 Å². The van der Waals surface area contributed by atoms with E-state index >= 15 is 0 Å². The third-order valence-corrected chi connectivity index (χ3v) is 3.02. The SMILES string of the molecule is NC(=O)Nc1ccc(NC(=O)c2cccs2)cc1. The summed E-state index contributed by atoms with van der Waals surface area (Å²) in [6, 6.07) is 9.66. The van der Waals surface area contributed by atoms with E-state index in [9.17, 15) is 9.59 Å². The number of carbonyl (C=O) groups is 2. The van der Waals surface area contributed by atoms with E-state index in [-0.39, 0.29) is 5.91 Å². The molecule has 0 fully saturated rings. The molecule has 0 aliphatic carbocycles. The molecule has 18 heavy (non-hydrogen) atoms. The molecule has 4 N–H and O–H groups in total. The van der Waals surface area contributed by atoms with Crippen molar-refractivity contribution >= 4 is 34.6 Å². The second kappa shape index (κ2) is 5.33. The van der Waals surface area contributed by atoms with Crippen LogP contribution in [-0.4, -0.2) is 11.9 Å². The van der Waals surface area contributed by atoms with Crippen molar-refractivity contribution in [2.45, 2.75) is 0 Å². The number of hydrogen-bond donors (Lipinski definition) is 3. The molecular weight excluding hydrogens is 250 g/mol. The monoisotopic (exact) mass is 261 g/mol. The molecule has 0 aliphatic heterocycles. The number of urea groups is 1. The fourth-order valence-electron chi connectivity index (χ4n) is 1.38. The van der Waals surface area contributed by atoms with Crippen molar-refractivity contribution in [2.75, 3.05) is 10.6 Å². The topological polar surface area (TPSA) is 84.2 Å². The number of amides is 3. The highest BCUT2D eigenvalue weighted by Crippen LogP contribution is 2.16. The zero-order valence-corrected chi connectivity index (χ0v) is 10.2. The minimum absolute atomic E-state index is 0.152. The molecule has 0 unspecified atom stereocenters. The summed E-state index contributed by atoms with van der Waals surface area (Å²) >= 11 is 1.38. The number of benzene rings is 1. The first-order valence-electron chi connectivity index (χ1n) is 5.16. The Kier molecular flexibility index (Phi) is 3.59. The molecule has 0 saturated carbocycles. The lowest BCUT2D eigenvalue weighted by Crippen LogP contribution is -2.19. The van der Waals surface area contributed by atoms with Gasteiger partial charge >= 0.3 is 6.03 Å². The Bertz CT molecular complexity index is 549. The predicted molar refractivity (Wildman–Crippen MR) is 71.9 cm³/mol. The highest BCUT2D eigenvalue weighted by molar-refractivity contribution is 7.12. The molecule has 2 rings (SSSR count). The Hall–Kier alpha value is -2.34. The molecule has 1 heterocycles. The largest absolute Gasteiger partial charge is 0.351 e. The van der Waals surface area contributed by atoms with E-state index in [4.69, 9.17) is 5.73 Å². The van der Waals surface area contributed by atoms with Crippen molar-refractivity contribution in [3.63, 3.8) is 0 Å². The first kappa shape index (κ1) is 12.1. The van der Waals surface area contributed by atoms with E-state index in [1.165, 1.54) is 11.3 Å². The first-order valence-corrected chi connectivity index (χ1v) is 6.04. The number of thiophene rings is 1. The Morgan fingerprint density at radius 3 is 2.11 bits per heavy atom. The van der Waals surface area contributed by atoms with Gasteiger partial charge in [0.15, 0.2) is 0 Å². The van der Waals surface area contributed by atoms with Crippen molar-refractivity contribution < 1.29 is 9.59 Å². The Morgan fingerprint density at radius 1 is 1.00 bits per heavy atom. The molecule has 6 heteroatoms. The maximum Gasteiger partial charge on any atom is 0.316 e. The van der Waals surface area contributed by atoms with Crippen molar-refractivity contribution in [3.05, 3.63) is 46.7 Å². The standard InChI is InChI=1S/C12H11N3O2S/c13-12(17)15-9-5-3-8(4-6-9)14-11(16)10-2-1-7-18-10/h1-7H,(H,14,16)(H3,13,15,17). The fraction of sp³-hybridized carbons (Fsp3) is 0. The van der Waals surface area contributed by atoms with Crippen LogP contribution in [0, 0.1) is 0 Å². The van der Waals surface area contributed by atoms with Gasteiger partial charge in [-0.3, -0.25) is 4.79 Å². The van der Waals surface area contributed by atoms with E-state index in [1.54, 1.807) is 30.3 Å². The van der Waals surface area contributed by atoms with Crippen LogP contribution in [0.15, 0.2) is 41.8 Å². The Labute approximate surface area is 108 Å². The molecule has 1 aromatic carbocycles. The summed E-state index contributed by atoms with van der Waals surface area (Å²) in [7, 11) is 0. The van der Waals surface area contributed by atoms with E-state index in [0.29, 0.717) is 16.3 Å². The molecule has 0 aliphatic rings. The minimum atomic E-state index is -0.620. The van der Waals surface area contributed by atoms with Crippen LogP contribution in [0.4, 0.5) is 16.2 Å². The average molecular weight is 261 g/mol. The molecule has 0 radical (unpaired) electrons. The molecule has 3 amide bonds. The number of primary amides is 1. The summed E-state index contributed by atoms with van der Waals surface area (Å²) in [5.41, 5.74) is 6.23. The van der Waals surface area contributed by atoms with Gasteiger partial charge in [0.1, 0.15) is 0 Å². The smallest absolute Gasteiger partial charge is 0.316 e. The van der Waals surface area contributed by atoms with E-state index in [1.807, 2.05) is 11.4 Å². The maximum atomic E-state index is 11.7.